The van der Waals surface area contributed by atoms with Crippen molar-refractivity contribution in [2.24, 2.45) is 0 Å². The Morgan fingerprint density at radius 1 is 1.22 bits per heavy atom. The number of hydrogen-bond acceptors (Lipinski definition) is 8. The molecule has 1 aromatic carbocycles. The normalized spacial score (nSPS) is 10.6. The monoisotopic (exact) mass is 405 g/mol. The van der Waals surface area contributed by atoms with Crippen molar-refractivity contribution in [2.75, 3.05) is 12.4 Å². The van der Waals surface area contributed by atoms with E-state index in [1.807, 2.05) is 36.6 Å². The molecular formula is C18H19N3O4S2. The number of esters is 1. The van der Waals surface area contributed by atoms with Crippen LogP contribution in [0.1, 0.15) is 17.8 Å². The third kappa shape index (κ3) is 5.18. The van der Waals surface area contributed by atoms with Gasteiger partial charge in [-0.15, -0.1) is 11.3 Å². The predicted molar refractivity (Wildman–Crippen MR) is 106 cm³/mol. The Labute approximate surface area is 164 Å². The summed E-state index contributed by atoms with van der Waals surface area (Å²) in [6, 6.07) is 7.51. The first-order chi connectivity index (χ1) is 13.0. The molecular weight excluding hydrogens is 386 g/mol. The lowest BCUT2D eigenvalue weighted by atomic mass is 10.3. The van der Waals surface area contributed by atoms with Crippen LogP contribution in [0.25, 0.3) is 0 Å². The number of methoxy groups -OCH3 is 1. The van der Waals surface area contributed by atoms with Crippen molar-refractivity contribution in [1.29, 1.82) is 0 Å². The molecule has 0 fully saturated rings. The molecule has 0 bridgehead atoms. The number of carbonyl (C=O) groups excluding carboxylic acids is 1. The maximum Gasteiger partial charge on any atom is 0.307 e. The Balaban J connectivity index is 1.47. The van der Waals surface area contributed by atoms with E-state index in [1.54, 1.807) is 17.1 Å². The van der Waals surface area contributed by atoms with Crippen LogP contribution in [0.4, 0.5) is 10.8 Å². The van der Waals surface area contributed by atoms with Crippen LogP contribution in [-0.2, 0) is 22.7 Å². The second-order valence-corrected chi connectivity index (χ2v) is 7.38. The summed E-state index contributed by atoms with van der Waals surface area (Å²) in [7, 11) is 1.62. The maximum atomic E-state index is 11.9. The molecule has 0 aliphatic heterocycles. The first-order valence-electron chi connectivity index (χ1n) is 8.21. The number of anilines is 2. The fourth-order valence-corrected chi connectivity index (χ4v) is 3.81. The topological polar surface area (TPSA) is 82.4 Å². The summed E-state index contributed by atoms with van der Waals surface area (Å²) in [6.45, 7) is 2.28. The molecule has 2 heterocycles. The van der Waals surface area contributed by atoms with E-state index in [0.717, 1.165) is 28.5 Å². The average Bonchev–Trinajstić information content (AvgIpc) is 3.25. The lowest BCUT2D eigenvalue weighted by Crippen LogP contribution is -2.17. The Hall–Kier alpha value is -2.65. The van der Waals surface area contributed by atoms with Crippen molar-refractivity contribution in [3.05, 3.63) is 56.1 Å². The molecule has 9 heteroatoms. The number of nitrogens with one attached hydrogen (secondary N) is 1. The summed E-state index contributed by atoms with van der Waals surface area (Å²) in [6.07, 6.45) is 0.151. The quantitative estimate of drug-likeness (QED) is 0.577. The first kappa shape index (κ1) is 19.1. The lowest BCUT2D eigenvalue weighted by Gasteiger charge is -2.05. The summed E-state index contributed by atoms with van der Waals surface area (Å²) in [4.78, 5) is 27.9. The van der Waals surface area contributed by atoms with Gasteiger partial charge in [-0.05, 0) is 31.2 Å². The van der Waals surface area contributed by atoms with Gasteiger partial charge in [-0.25, -0.2) is 4.98 Å². The molecule has 0 aliphatic rings. The van der Waals surface area contributed by atoms with Crippen LogP contribution in [0.3, 0.4) is 0 Å². The molecule has 0 saturated heterocycles. The molecule has 142 valence electrons. The van der Waals surface area contributed by atoms with Crippen molar-refractivity contribution in [3.63, 3.8) is 0 Å². The van der Waals surface area contributed by atoms with E-state index in [1.165, 1.54) is 11.3 Å². The fourth-order valence-electron chi connectivity index (χ4n) is 2.33. The highest BCUT2D eigenvalue weighted by atomic mass is 32.1. The van der Waals surface area contributed by atoms with E-state index in [0.29, 0.717) is 17.4 Å². The molecule has 2 aromatic heterocycles. The van der Waals surface area contributed by atoms with E-state index in [2.05, 4.69) is 10.3 Å². The number of aromatic nitrogens is 2. The van der Waals surface area contributed by atoms with Gasteiger partial charge in [-0.3, -0.25) is 9.59 Å². The molecule has 0 atom stereocenters. The Kier molecular flexibility index (Phi) is 6.25. The van der Waals surface area contributed by atoms with Crippen molar-refractivity contribution >= 4 is 39.5 Å². The Bertz CT molecular complexity index is 960. The number of benzene rings is 1. The van der Waals surface area contributed by atoms with Crippen LogP contribution < -0.4 is 14.9 Å². The zero-order valence-corrected chi connectivity index (χ0v) is 16.6. The van der Waals surface area contributed by atoms with Crippen LogP contribution in [0, 0.1) is 6.92 Å². The van der Waals surface area contributed by atoms with Gasteiger partial charge in [0, 0.05) is 28.7 Å². The van der Waals surface area contributed by atoms with Crippen LogP contribution in [-0.4, -0.2) is 22.6 Å². The summed E-state index contributed by atoms with van der Waals surface area (Å²) >= 11 is 2.56. The molecule has 0 saturated carbocycles. The zero-order valence-electron chi connectivity index (χ0n) is 14.9. The molecule has 7 nitrogen and oxygen atoms in total. The molecule has 3 aromatic rings. The van der Waals surface area contributed by atoms with Gasteiger partial charge in [-0.2, -0.15) is 0 Å². The molecule has 0 unspecified atom stereocenters. The minimum Gasteiger partial charge on any atom is -0.497 e. The van der Waals surface area contributed by atoms with Gasteiger partial charge in [0.15, 0.2) is 5.13 Å². The molecule has 0 radical (unpaired) electrons. The third-order valence-electron chi connectivity index (χ3n) is 3.79. The summed E-state index contributed by atoms with van der Waals surface area (Å²) in [5.41, 5.74) is 2.42. The van der Waals surface area contributed by atoms with Crippen LogP contribution >= 0.6 is 22.7 Å². The number of aryl methyl sites for hydroxylation is 1. The van der Waals surface area contributed by atoms with Crippen molar-refractivity contribution in [2.45, 2.75) is 26.5 Å². The summed E-state index contributed by atoms with van der Waals surface area (Å²) < 4.78 is 12.0. The van der Waals surface area contributed by atoms with Crippen LogP contribution in [0.5, 0.6) is 5.75 Å². The molecule has 3 rings (SSSR count). The van der Waals surface area contributed by atoms with E-state index in [-0.39, 0.29) is 23.9 Å². The number of carbonyl (C=O) groups is 1. The summed E-state index contributed by atoms with van der Waals surface area (Å²) in [5.74, 6) is 0.428. The van der Waals surface area contributed by atoms with Gasteiger partial charge < -0.3 is 19.4 Å². The predicted octanol–water partition coefficient (Wildman–Crippen LogP) is 3.56. The summed E-state index contributed by atoms with van der Waals surface area (Å²) in [5, 5.41) is 7.53. The number of rotatable bonds is 8. The number of nitrogens with zero attached hydrogens (tertiary/aromatic N) is 2. The van der Waals surface area contributed by atoms with Crippen LogP contribution in [0.2, 0.25) is 0 Å². The van der Waals surface area contributed by atoms with Crippen molar-refractivity contribution < 1.29 is 14.3 Å². The van der Waals surface area contributed by atoms with Crippen molar-refractivity contribution in [1.82, 2.24) is 9.55 Å². The SMILES string of the molecule is COc1ccc(Nc2nc(COC(=O)CCn3c(C)csc3=O)cs2)cc1. The number of thiazole rings is 2. The maximum absolute atomic E-state index is 11.9. The zero-order chi connectivity index (χ0) is 19.2. The molecule has 27 heavy (non-hydrogen) atoms. The smallest absolute Gasteiger partial charge is 0.307 e. The number of ether oxygens (including phenoxy) is 2. The minimum atomic E-state index is -0.356. The fraction of sp³-hybridized carbons (Fsp3) is 0.278. The van der Waals surface area contributed by atoms with Gasteiger partial charge in [-0.1, -0.05) is 11.3 Å². The van der Waals surface area contributed by atoms with Gasteiger partial charge in [0.1, 0.15) is 12.4 Å². The highest BCUT2D eigenvalue weighted by molar-refractivity contribution is 7.13. The van der Waals surface area contributed by atoms with Gasteiger partial charge in [0.2, 0.25) is 0 Å². The molecule has 1 N–H and O–H groups in total. The lowest BCUT2D eigenvalue weighted by molar-refractivity contribution is -0.145. The van der Waals surface area contributed by atoms with E-state index >= 15 is 0 Å². The first-order valence-corrected chi connectivity index (χ1v) is 9.97. The Morgan fingerprint density at radius 2 is 2.00 bits per heavy atom. The highest BCUT2D eigenvalue weighted by Gasteiger charge is 2.09. The van der Waals surface area contributed by atoms with Crippen LogP contribution in [0.15, 0.2) is 39.8 Å². The standard InChI is InChI=1S/C18H19N3O4S2/c1-12-10-27-18(23)21(12)8-7-16(22)25-9-14-11-26-17(20-14)19-13-3-5-15(24-2)6-4-13/h3-6,10-11H,7-9H2,1-2H3,(H,19,20). The van der Waals surface area contributed by atoms with E-state index < -0.39 is 0 Å². The molecule has 0 aliphatic carbocycles. The average molecular weight is 406 g/mol. The number of hydrogen-bond donors (Lipinski definition) is 1. The third-order valence-corrected chi connectivity index (χ3v) is 5.48. The van der Waals surface area contributed by atoms with Crippen molar-refractivity contribution in [3.8, 4) is 5.75 Å². The van der Waals surface area contributed by atoms with Gasteiger partial charge in [0.05, 0.1) is 19.2 Å². The Morgan fingerprint density at radius 3 is 2.67 bits per heavy atom. The highest BCUT2D eigenvalue weighted by Crippen LogP contribution is 2.23. The van der Waals surface area contributed by atoms with E-state index in [4.69, 9.17) is 9.47 Å². The van der Waals surface area contributed by atoms with Gasteiger partial charge >= 0.3 is 10.8 Å². The second-order valence-electron chi connectivity index (χ2n) is 5.70. The molecule has 0 spiro atoms. The second kappa shape index (κ2) is 8.83. The largest absolute Gasteiger partial charge is 0.497 e. The molecule has 0 amide bonds. The van der Waals surface area contributed by atoms with E-state index in [9.17, 15) is 9.59 Å². The van der Waals surface area contributed by atoms with Gasteiger partial charge in [0.25, 0.3) is 0 Å². The minimum absolute atomic E-state index is 0.0611.